The number of allylic oxidation sites excluding steroid dienone is 12. The summed E-state index contributed by atoms with van der Waals surface area (Å²) in [4.78, 5) is 5.45. The van der Waals surface area contributed by atoms with Crippen LogP contribution >= 0.6 is 0 Å². The molecule has 6 aromatic carbocycles. The van der Waals surface area contributed by atoms with E-state index in [9.17, 15) is 0 Å². The zero-order chi connectivity index (χ0) is 41.1. The largest absolute Gasteiger partial charge is 0.313 e. The molecule has 0 saturated heterocycles. The highest BCUT2D eigenvalue weighted by atomic mass is 15.0. The van der Waals surface area contributed by atoms with Crippen molar-refractivity contribution in [1.29, 1.82) is 0 Å². The quantitative estimate of drug-likeness (QED) is 0.150. The van der Waals surface area contributed by atoms with Crippen LogP contribution < -0.4 is 10.6 Å². The molecule has 0 amide bonds. The smallest absolute Gasteiger partial charge is 0.0747 e. The summed E-state index contributed by atoms with van der Waals surface area (Å²) < 4.78 is 2.37. The molecule has 0 atom stereocenters. The van der Waals surface area contributed by atoms with E-state index < -0.39 is 0 Å². The van der Waals surface area contributed by atoms with E-state index in [0.717, 1.165) is 46.8 Å². The maximum absolute atomic E-state index is 5.45. The van der Waals surface area contributed by atoms with Crippen LogP contribution in [-0.4, -0.2) is 9.55 Å². The van der Waals surface area contributed by atoms with Crippen molar-refractivity contribution in [3.63, 3.8) is 0 Å². The van der Waals surface area contributed by atoms with Gasteiger partial charge in [0.15, 0.2) is 0 Å². The monoisotopic (exact) mass is 782 g/mol. The van der Waals surface area contributed by atoms with E-state index in [1.807, 2.05) is 0 Å². The van der Waals surface area contributed by atoms with Crippen LogP contribution in [0.4, 0.5) is 0 Å². The Hall–Kier alpha value is -7.55. The fourth-order valence-electron chi connectivity index (χ4n) is 8.75. The minimum absolute atomic E-state index is 0.852. The van der Waals surface area contributed by atoms with Crippen molar-refractivity contribution in [3.05, 3.63) is 228 Å². The lowest BCUT2D eigenvalue weighted by atomic mass is 9.92. The molecule has 61 heavy (non-hydrogen) atoms. The molecule has 0 fully saturated rings. The number of aromatic nitrogens is 2. The predicted octanol–water partition coefficient (Wildman–Crippen LogP) is 14.2. The zero-order valence-corrected chi connectivity index (χ0v) is 34.4. The fourth-order valence-corrected chi connectivity index (χ4v) is 8.75. The minimum atomic E-state index is 0.852. The average molecular weight is 783 g/mol. The van der Waals surface area contributed by atoms with Gasteiger partial charge in [-0.15, -0.1) is 0 Å². The molecule has 2 aromatic heterocycles. The second-order valence-electron chi connectivity index (χ2n) is 16.0. The molecule has 2 heteroatoms. The molecule has 0 saturated carbocycles. The Bertz CT molecular complexity index is 3200. The number of hydrogen-bond acceptors (Lipinski definition) is 1. The van der Waals surface area contributed by atoms with Gasteiger partial charge >= 0.3 is 0 Å². The van der Waals surface area contributed by atoms with Gasteiger partial charge in [-0.05, 0) is 124 Å². The molecule has 2 heterocycles. The number of rotatable bonds is 8. The lowest BCUT2D eigenvalue weighted by molar-refractivity contribution is 1.04. The van der Waals surface area contributed by atoms with Crippen LogP contribution in [0.5, 0.6) is 0 Å². The molecule has 2 aliphatic rings. The first kappa shape index (κ1) is 37.7. The van der Waals surface area contributed by atoms with E-state index in [4.69, 9.17) is 4.98 Å². The number of benzene rings is 6. The number of fused-ring (bicyclic) bond motifs is 2. The zero-order valence-electron chi connectivity index (χ0n) is 34.4. The second-order valence-corrected chi connectivity index (χ2v) is 16.0. The van der Waals surface area contributed by atoms with Crippen molar-refractivity contribution in [1.82, 2.24) is 9.55 Å². The summed E-state index contributed by atoms with van der Waals surface area (Å²) in [6.07, 6.45) is 24.7. The third kappa shape index (κ3) is 7.61. The molecule has 0 radical (unpaired) electrons. The van der Waals surface area contributed by atoms with Crippen LogP contribution in [0.15, 0.2) is 206 Å². The van der Waals surface area contributed by atoms with Gasteiger partial charge in [-0.2, -0.15) is 0 Å². The Balaban J connectivity index is 1.03. The summed E-state index contributed by atoms with van der Waals surface area (Å²) >= 11 is 0. The first-order valence-electron chi connectivity index (χ1n) is 21.3. The molecule has 0 aliphatic heterocycles. The average Bonchev–Trinajstić information content (AvgIpc) is 3.44. The Morgan fingerprint density at radius 3 is 1.97 bits per heavy atom. The van der Waals surface area contributed by atoms with Crippen LogP contribution in [0.1, 0.15) is 37.4 Å². The van der Waals surface area contributed by atoms with Crippen molar-refractivity contribution in [3.8, 4) is 44.6 Å². The van der Waals surface area contributed by atoms with E-state index in [2.05, 4.69) is 230 Å². The van der Waals surface area contributed by atoms with Gasteiger partial charge in [0.2, 0.25) is 0 Å². The minimum Gasteiger partial charge on any atom is -0.313 e. The molecule has 0 unspecified atom stereocenters. The molecule has 2 nitrogen and oxygen atoms in total. The number of hydrogen-bond donors (Lipinski definition) is 0. The van der Waals surface area contributed by atoms with Crippen LogP contribution in [0.25, 0.3) is 95.8 Å². The highest BCUT2D eigenvalue weighted by Gasteiger charge is 2.16. The van der Waals surface area contributed by atoms with Crippen molar-refractivity contribution >= 4 is 51.2 Å². The van der Waals surface area contributed by atoms with Gasteiger partial charge in [-0.25, -0.2) is 4.98 Å². The van der Waals surface area contributed by atoms with E-state index in [-0.39, 0.29) is 0 Å². The number of pyridine rings is 1. The lowest BCUT2D eigenvalue weighted by Gasteiger charge is -2.16. The van der Waals surface area contributed by atoms with Crippen molar-refractivity contribution in [2.75, 3.05) is 0 Å². The molecule has 0 bridgehead atoms. The van der Waals surface area contributed by atoms with Gasteiger partial charge in [0.05, 0.1) is 22.3 Å². The van der Waals surface area contributed by atoms with E-state index in [0.29, 0.717) is 0 Å². The van der Waals surface area contributed by atoms with Crippen LogP contribution in [-0.2, 0) is 0 Å². The number of para-hydroxylation sites is 1. The first-order chi connectivity index (χ1) is 30.1. The molecule has 0 N–H and O–H groups in total. The van der Waals surface area contributed by atoms with Crippen LogP contribution in [0, 0.1) is 0 Å². The Labute approximate surface area is 358 Å². The SMILES string of the molecule is C=c1/c(=C\C=C(/C)c2ccc3cc(-c4ccc(-c5cc(-c6ccccc6)cc(-c6ccccc6)c5)cc4)nc(C4=CC=CCC4)c3c2)n(C2=CC=CC=CC2)c2ccccc12. The molecular weight excluding hydrogens is 737 g/mol. The van der Waals surface area contributed by atoms with Gasteiger partial charge in [-0.3, -0.25) is 0 Å². The van der Waals surface area contributed by atoms with E-state index in [1.54, 1.807) is 0 Å². The van der Waals surface area contributed by atoms with Gasteiger partial charge in [0, 0.05) is 33.7 Å². The topological polar surface area (TPSA) is 17.8 Å². The second kappa shape index (κ2) is 16.6. The highest BCUT2D eigenvalue weighted by molar-refractivity contribution is 5.97. The van der Waals surface area contributed by atoms with Crippen molar-refractivity contribution in [2.24, 2.45) is 0 Å². The highest BCUT2D eigenvalue weighted by Crippen LogP contribution is 2.36. The van der Waals surface area contributed by atoms with E-state index >= 15 is 0 Å². The number of nitrogens with zero attached hydrogens (tertiary/aromatic N) is 2. The normalized spacial score (nSPS) is 14.4. The summed E-state index contributed by atoms with van der Waals surface area (Å²) in [6, 6.07) is 54.8. The maximum atomic E-state index is 5.45. The molecule has 2 aliphatic carbocycles. The molecule has 10 rings (SSSR count). The van der Waals surface area contributed by atoms with Crippen molar-refractivity contribution in [2.45, 2.75) is 26.2 Å². The summed E-state index contributed by atoms with van der Waals surface area (Å²) in [5, 5.41) is 5.68. The molecule has 292 valence electrons. The fraction of sp³-hybridized carbons (Fsp3) is 0.0678. The van der Waals surface area contributed by atoms with Gasteiger partial charge in [-0.1, -0.05) is 170 Å². The summed E-state index contributed by atoms with van der Waals surface area (Å²) in [5.41, 5.74) is 16.4. The standard InChI is InChI=1S/C59H46N2/c1-41(28-35-57-42(2)54-26-16-17-27-58(54)61(57)53-24-14-3-4-15-25-53)48-33-34-49-40-56(60-59(55(49)39-48)47-22-12-7-13-23-47)46-31-29-45(30-32-46)52-37-50(43-18-8-5-9-19-43)36-51(38-52)44-20-10-6-11-21-44/h3-12,14-22,24,26-40H,2,13,23,25H2,1H3/b41-28+,57-35+. The summed E-state index contributed by atoms with van der Waals surface area (Å²) in [6.45, 7) is 6.76. The maximum Gasteiger partial charge on any atom is 0.0747 e. The van der Waals surface area contributed by atoms with Crippen LogP contribution in [0.3, 0.4) is 0 Å². The third-order valence-corrected chi connectivity index (χ3v) is 12.0. The molecule has 0 spiro atoms. The Kier molecular flexibility index (Phi) is 10.3. The van der Waals surface area contributed by atoms with Gasteiger partial charge in [0.25, 0.3) is 0 Å². The van der Waals surface area contributed by atoms with Gasteiger partial charge in [0.1, 0.15) is 0 Å². The van der Waals surface area contributed by atoms with Gasteiger partial charge < -0.3 is 4.57 Å². The summed E-state index contributed by atoms with van der Waals surface area (Å²) in [5.74, 6) is 0. The third-order valence-electron chi connectivity index (χ3n) is 12.0. The Morgan fingerprint density at radius 2 is 1.26 bits per heavy atom. The molecular formula is C59H46N2. The summed E-state index contributed by atoms with van der Waals surface area (Å²) in [7, 11) is 0. The van der Waals surface area contributed by atoms with E-state index in [1.165, 1.54) is 77.5 Å². The Morgan fingerprint density at radius 1 is 0.590 bits per heavy atom. The van der Waals surface area contributed by atoms with Crippen LogP contribution in [0.2, 0.25) is 0 Å². The molecule has 8 aromatic rings. The first-order valence-corrected chi connectivity index (χ1v) is 21.3. The van der Waals surface area contributed by atoms with Crippen molar-refractivity contribution < 1.29 is 0 Å². The lowest BCUT2D eigenvalue weighted by Crippen LogP contribution is -2.27. The predicted molar refractivity (Wildman–Crippen MR) is 262 cm³/mol.